The highest BCUT2D eigenvalue weighted by Gasteiger charge is 2.14. The van der Waals surface area contributed by atoms with Gasteiger partial charge in [0, 0.05) is 11.8 Å². The van der Waals surface area contributed by atoms with Gasteiger partial charge < -0.3 is 14.2 Å². The molecule has 0 saturated heterocycles. The summed E-state index contributed by atoms with van der Waals surface area (Å²) >= 11 is 0. The lowest BCUT2D eigenvalue weighted by Crippen LogP contribution is -2.18. The molecule has 2 rings (SSSR count). The normalized spacial score (nSPS) is 10.4. The summed E-state index contributed by atoms with van der Waals surface area (Å²) < 4.78 is 15.8. The minimum atomic E-state index is -0.402. The summed E-state index contributed by atoms with van der Waals surface area (Å²) in [6.07, 6.45) is 3.00. The fourth-order valence-electron chi connectivity index (χ4n) is 1.94. The predicted molar refractivity (Wildman–Crippen MR) is 85.4 cm³/mol. The number of aromatic nitrogens is 1. The second kappa shape index (κ2) is 7.79. The van der Waals surface area contributed by atoms with Gasteiger partial charge in [0.25, 0.3) is 5.91 Å². The van der Waals surface area contributed by atoms with Gasteiger partial charge in [-0.15, -0.1) is 0 Å². The van der Waals surface area contributed by atoms with Crippen LogP contribution in [0.15, 0.2) is 41.6 Å². The number of rotatable bonds is 6. The number of benzene rings is 1. The molecule has 120 valence electrons. The van der Waals surface area contributed by atoms with Crippen LogP contribution in [0.25, 0.3) is 0 Å². The van der Waals surface area contributed by atoms with Crippen molar-refractivity contribution in [1.29, 1.82) is 0 Å². The van der Waals surface area contributed by atoms with Crippen molar-refractivity contribution < 1.29 is 19.0 Å². The number of ether oxygens (including phenoxy) is 3. The van der Waals surface area contributed by atoms with Crippen molar-refractivity contribution in [2.75, 3.05) is 21.3 Å². The number of nitrogens with one attached hydrogen (secondary N) is 1. The Morgan fingerprint density at radius 2 is 1.87 bits per heavy atom. The van der Waals surface area contributed by atoms with Crippen molar-refractivity contribution in [3.63, 3.8) is 0 Å². The molecule has 2 aromatic rings. The molecule has 0 bridgehead atoms. The molecule has 1 aromatic carbocycles. The molecule has 0 unspecified atom stereocenters. The lowest BCUT2D eigenvalue weighted by atomic mass is 10.2. The minimum absolute atomic E-state index is 0.281. The lowest BCUT2D eigenvalue weighted by Gasteiger charge is -2.13. The summed E-state index contributed by atoms with van der Waals surface area (Å²) in [5.74, 6) is 1.05. The number of hydrogen-bond acceptors (Lipinski definition) is 6. The molecule has 7 nitrogen and oxygen atoms in total. The average Bonchev–Trinajstić information content (AvgIpc) is 2.61. The predicted octanol–water partition coefficient (Wildman–Crippen LogP) is 1.87. The number of methoxy groups -OCH3 is 3. The second-order valence-corrected chi connectivity index (χ2v) is 4.34. The maximum atomic E-state index is 11.8. The third-order valence-electron chi connectivity index (χ3n) is 3.00. The van der Waals surface area contributed by atoms with Crippen LogP contribution in [0.2, 0.25) is 0 Å². The molecule has 0 aliphatic carbocycles. The van der Waals surface area contributed by atoms with Gasteiger partial charge in [0.2, 0.25) is 5.75 Å². The first-order chi connectivity index (χ1) is 11.2. The highest BCUT2D eigenvalue weighted by Crippen LogP contribution is 2.38. The van der Waals surface area contributed by atoms with Gasteiger partial charge in [-0.25, -0.2) is 5.43 Å². The first kappa shape index (κ1) is 16.3. The van der Waals surface area contributed by atoms with E-state index in [1.165, 1.54) is 33.7 Å². The van der Waals surface area contributed by atoms with Crippen LogP contribution in [-0.4, -0.2) is 38.4 Å². The van der Waals surface area contributed by atoms with Gasteiger partial charge in [-0.1, -0.05) is 6.07 Å². The number of hydrogen-bond donors (Lipinski definition) is 1. The van der Waals surface area contributed by atoms with E-state index in [9.17, 15) is 4.79 Å². The molecular weight excluding hydrogens is 298 g/mol. The molecule has 7 heteroatoms. The molecule has 0 saturated carbocycles. The van der Waals surface area contributed by atoms with E-state index in [0.29, 0.717) is 22.8 Å². The molecule has 0 aliphatic rings. The van der Waals surface area contributed by atoms with Gasteiger partial charge in [-0.2, -0.15) is 5.10 Å². The van der Waals surface area contributed by atoms with Gasteiger partial charge in [0.15, 0.2) is 11.5 Å². The van der Waals surface area contributed by atoms with E-state index in [1.807, 2.05) is 0 Å². The summed E-state index contributed by atoms with van der Waals surface area (Å²) in [7, 11) is 4.57. The fraction of sp³-hybridized carbons (Fsp3) is 0.188. The van der Waals surface area contributed by atoms with Crippen molar-refractivity contribution in [2.24, 2.45) is 5.10 Å². The van der Waals surface area contributed by atoms with Crippen LogP contribution < -0.4 is 19.6 Å². The van der Waals surface area contributed by atoms with Crippen molar-refractivity contribution in [3.8, 4) is 17.2 Å². The van der Waals surface area contributed by atoms with Gasteiger partial charge in [0.05, 0.1) is 27.5 Å². The number of carbonyl (C=O) groups excluding carboxylic acids is 1. The maximum absolute atomic E-state index is 11.8. The van der Waals surface area contributed by atoms with E-state index in [-0.39, 0.29) is 5.69 Å². The summed E-state index contributed by atoms with van der Waals surface area (Å²) in [6.45, 7) is 0. The molecule has 0 fully saturated rings. The van der Waals surface area contributed by atoms with Crippen molar-refractivity contribution in [2.45, 2.75) is 0 Å². The zero-order chi connectivity index (χ0) is 16.7. The Bertz CT molecular complexity index is 702. The Balaban J connectivity index is 2.18. The Labute approximate surface area is 133 Å². The maximum Gasteiger partial charge on any atom is 0.289 e. The number of pyridine rings is 1. The number of nitrogens with zero attached hydrogens (tertiary/aromatic N) is 2. The Morgan fingerprint density at radius 3 is 2.48 bits per heavy atom. The highest BCUT2D eigenvalue weighted by molar-refractivity contribution is 5.93. The molecule has 0 spiro atoms. The molecule has 1 heterocycles. The van der Waals surface area contributed by atoms with Crippen LogP contribution in [0, 0.1) is 0 Å². The fourth-order valence-corrected chi connectivity index (χ4v) is 1.94. The van der Waals surface area contributed by atoms with E-state index in [4.69, 9.17) is 14.2 Å². The molecule has 1 aromatic heterocycles. The topological polar surface area (TPSA) is 82.0 Å². The average molecular weight is 315 g/mol. The molecule has 0 radical (unpaired) electrons. The molecule has 1 N–H and O–H groups in total. The highest BCUT2D eigenvalue weighted by atomic mass is 16.5. The summed E-state index contributed by atoms with van der Waals surface area (Å²) in [4.78, 5) is 15.8. The van der Waals surface area contributed by atoms with Gasteiger partial charge in [0.1, 0.15) is 5.69 Å². The summed E-state index contributed by atoms with van der Waals surface area (Å²) in [5, 5.41) is 3.92. The molecule has 23 heavy (non-hydrogen) atoms. The Kier molecular flexibility index (Phi) is 5.51. The van der Waals surface area contributed by atoms with E-state index in [2.05, 4.69) is 15.5 Å². The van der Waals surface area contributed by atoms with E-state index >= 15 is 0 Å². The number of carbonyl (C=O) groups is 1. The van der Waals surface area contributed by atoms with E-state index in [1.54, 1.807) is 30.3 Å². The van der Waals surface area contributed by atoms with Gasteiger partial charge in [-0.05, 0) is 24.3 Å². The van der Waals surface area contributed by atoms with Crippen LogP contribution in [0.1, 0.15) is 16.1 Å². The first-order valence-electron chi connectivity index (χ1n) is 6.74. The lowest BCUT2D eigenvalue weighted by molar-refractivity contribution is 0.0950. The Hall–Kier alpha value is -3.09. The van der Waals surface area contributed by atoms with Gasteiger partial charge in [-0.3, -0.25) is 9.78 Å². The zero-order valence-corrected chi connectivity index (χ0v) is 13.1. The standard InChI is InChI=1S/C16H17N3O4/c1-21-13-8-7-11(14(22-2)15(13)23-3)10-18-19-16(20)12-6-4-5-9-17-12/h4-10H,1-3H3,(H,19,20)/b18-10+. The van der Waals surface area contributed by atoms with Crippen LogP contribution in [-0.2, 0) is 0 Å². The van der Waals surface area contributed by atoms with Crippen molar-refractivity contribution in [3.05, 3.63) is 47.8 Å². The third-order valence-corrected chi connectivity index (χ3v) is 3.00. The third kappa shape index (κ3) is 3.76. The first-order valence-corrected chi connectivity index (χ1v) is 6.74. The quantitative estimate of drug-likeness (QED) is 0.650. The van der Waals surface area contributed by atoms with Gasteiger partial charge >= 0.3 is 0 Å². The Morgan fingerprint density at radius 1 is 1.09 bits per heavy atom. The van der Waals surface area contributed by atoms with Crippen molar-refractivity contribution in [1.82, 2.24) is 10.4 Å². The summed E-state index contributed by atoms with van der Waals surface area (Å²) in [5.41, 5.74) is 3.32. The second-order valence-electron chi connectivity index (χ2n) is 4.34. The van der Waals surface area contributed by atoms with E-state index < -0.39 is 5.91 Å². The van der Waals surface area contributed by atoms with Crippen LogP contribution in [0.3, 0.4) is 0 Å². The monoisotopic (exact) mass is 315 g/mol. The van der Waals surface area contributed by atoms with Crippen molar-refractivity contribution >= 4 is 12.1 Å². The molecular formula is C16H17N3O4. The molecule has 1 amide bonds. The van der Waals surface area contributed by atoms with E-state index in [0.717, 1.165) is 0 Å². The number of amides is 1. The smallest absolute Gasteiger partial charge is 0.289 e. The van der Waals surface area contributed by atoms with Crippen LogP contribution in [0.4, 0.5) is 0 Å². The van der Waals surface area contributed by atoms with Crippen LogP contribution >= 0.6 is 0 Å². The minimum Gasteiger partial charge on any atom is -0.493 e. The molecule has 0 aliphatic heterocycles. The zero-order valence-electron chi connectivity index (χ0n) is 13.1. The summed E-state index contributed by atoms with van der Waals surface area (Å²) in [6, 6.07) is 8.53. The largest absolute Gasteiger partial charge is 0.493 e. The SMILES string of the molecule is COc1ccc(/C=N/NC(=O)c2ccccn2)c(OC)c1OC. The molecule has 0 atom stereocenters. The number of hydrazone groups is 1. The van der Waals surface area contributed by atoms with Crippen LogP contribution in [0.5, 0.6) is 17.2 Å².